The third-order valence-corrected chi connectivity index (χ3v) is 7.50. The van der Waals surface area contributed by atoms with E-state index in [4.69, 9.17) is 4.74 Å². The SMILES string of the molecule is CC(=O)N1CCC2(CC1)CC(CC(=O)Nc1ccc3c(c1)N(C(C)=O)CC3)c1ccccc1O2. The van der Waals surface area contributed by atoms with Gasteiger partial charge in [-0.2, -0.15) is 0 Å². The summed E-state index contributed by atoms with van der Waals surface area (Å²) in [6, 6.07) is 13.8. The number of fused-ring (bicyclic) bond motifs is 2. The minimum absolute atomic E-state index is 0.0159. The predicted octanol–water partition coefficient (Wildman–Crippen LogP) is 3.87. The number of piperidine rings is 1. The van der Waals surface area contributed by atoms with Crippen molar-refractivity contribution in [3.8, 4) is 5.75 Å². The fourth-order valence-electron chi connectivity index (χ4n) is 5.68. The number of amides is 3. The number of hydrogen-bond acceptors (Lipinski definition) is 4. The molecule has 3 aliphatic heterocycles. The summed E-state index contributed by atoms with van der Waals surface area (Å²) in [5, 5.41) is 3.05. The van der Waals surface area contributed by atoms with Gasteiger partial charge in [0.1, 0.15) is 11.4 Å². The molecule has 0 aromatic heterocycles. The Hall–Kier alpha value is -3.35. The number of nitrogens with zero attached hydrogens (tertiary/aromatic N) is 2. The Labute approximate surface area is 200 Å². The van der Waals surface area contributed by atoms with E-state index in [0.29, 0.717) is 31.7 Å². The number of carbonyl (C=O) groups is 3. The molecule has 7 nitrogen and oxygen atoms in total. The maximum absolute atomic E-state index is 13.1. The van der Waals surface area contributed by atoms with E-state index >= 15 is 0 Å². The lowest BCUT2D eigenvalue weighted by atomic mass is 9.76. The Balaban J connectivity index is 1.32. The summed E-state index contributed by atoms with van der Waals surface area (Å²) in [6.45, 7) is 5.22. The maximum atomic E-state index is 13.1. The first kappa shape index (κ1) is 22.4. The molecule has 1 N–H and O–H groups in total. The molecule has 7 heteroatoms. The third-order valence-electron chi connectivity index (χ3n) is 7.50. The first-order valence-corrected chi connectivity index (χ1v) is 12.1. The van der Waals surface area contributed by atoms with E-state index in [1.54, 1.807) is 18.7 Å². The number of carbonyl (C=O) groups excluding carboxylic acids is 3. The van der Waals surface area contributed by atoms with Crippen LogP contribution in [0, 0.1) is 0 Å². The van der Waals surface area contributed by atoms with Crippen LogP contribution in [-0.2, 0) is 20.8 Å². The lowest BCUT2D eigenvalue weighted by molar-refractivity contribution is -0.133. The van der Waals surface area contributed by atoms with Crippen LogP contribution in [0.25, 0.3) is 0 Å². The van der Waals surface area contributed by atoms with Crippen molar-refractivity contribution in [3.63, 3.8) is 0 Å². The van der Waals surface area contributed by atoms with Gasteiger partial charge in [0.05, 0.1) is 0 Å². The summed E-state index contributed by atoms with van der Waals surface area (Å²) in [4.78, 5) is 40.5. The zero-order valence-electron chi connectivity index (χ0n) is 19.8. The number of rotatable bonds is 3. The van der Waals surface area contributed by atoms with Crippen molar-refractivity contribution in [1.82, 2.24) is 4.90 Å². The lowest BCUT2D eigenvalue weighted by Gasteiger charge is -2.46. The summed E-state index contributed by atoms with van der Waals surface area (Å²) in [6.07, 6.45) is 3.48. The smallest absolute Gasteiger partial charge is 0.224 e. The van der Waals surface area contributed by atoms with Crippen molar-refractivity contribution < 1.29 is 19.1 Å². The summed E-state index contributed by atoms with van der Waals surface area (Å²) >= 11 is 0. The molecule has 34 heavy (non-hydrogen) atoms. The molecule has 3 heterocycles. The van der Waals surface area contributed by atoms with E-state index in [0.717, 1.165) is 48.2 Å². The van der Waals surface area contributed by atoms with Crippen LogP contribution in [0.3, 0.4) is 0 Å². The van der Waals surface area contributed by atoms with Crippen molar-refractivity contribution in [1.29, 1.82) is 0 Å². The Morgan fingerprint density at radius 1 is 1.03 bits per heavy atom. The van der Waals surface area contributed by atoms with Crippen molar-refractivity contribution in [2.45, 2.75) is 57.5 Å². The average molecular weight is 462 g/mol. The number of likely N-dealkylation sites (tertiary alicyclic amines) is 1. The first-order valence-electron chi connectivity index (χ1n) is 12.1. The van der Waals surface area contributed by atoms with Gasteiger partial charge in [-0.1, -0.05) is 24.3 Å². The quantitative estimate of drug-likeness (QED) is 0.753. The minimum atomic E-state index is -0.346. The summed E-state index contributed by atoms with van der Waals surface area (Å²) < 4.78 is 6.50. The van der Waals surface area contributed by atoms with Crippen LogP contribution in [0.4, 0.5) is 11.4 Å². The predicted molar refractivity (Wildman–Crippen MR) is 130 cm³/mol. The van der Waals surface area contributed by atoms with E-state index in [9.17, 15) is 14.4 Å². The molecule has 1 atom stereocenters. The van der Waals surface area contributed by atoms with Gasteiger partial charge in [-0.3, -0.25) is 14.4 Å². The molecule has 0 radical (unpaired) electrons. The Bertz CT molecular complexity index is 1140. The number of nitrogens with one attached hydrogen (secondary N) is 1. The topological polar surface area (TPSA) is 79.0 Å². The Morgan fingerprint density at radius 2 is 1.79 bits per heavy atom. The van der Waals surface area contributed by atoms with Crippen LogP contribution in [0.5, 0.6) is 5.75 Å². The molecular formula is C27H31N3O4. The molecule has 0 saturated carbocycles. The average Bonchev–Trinajstić information content (AvgIpc) is 3.23. The summed E-state index contributed by atoms with van der Waals surface area (Å²) in [7, 11) is 0. The van der Waals surface area contributed by atoms with Crippen LogP contribution in [0.15, 0.2) is 42.5 Å². The number of para-hydroxylation sites is 1. The van der Waals surface area contributed by atoms with Gasteiger partial charge >= 0.3 is 0 Å². The molecule has 1 saturated heterocycles. The second-order valence-electron chi connectivity index (χ2n) is 9.75. The van der Waals surface area contributed by atoms with Crippen molar-refractivity contribution in [3.05, 3.63) is 53.6 Å². The first-order chi connectivity index (χ1) is 16.3. The summed E-state index contributed by atoms with van der Waals surface area (Å²) in [5.74, 6) is 0.946. The standard InChI is InChI=1S/C27H31N3O4/c1-18(31)29-13-10-27(11-14-29)17-21(23-5-3-4-6-25(23)34-27)15-26(33)28-22-8-7-20-9-12-30(19(2)32)24(20)16-22/h3-8,16,21H,9-15,17H2,1-2H3,(H,28,33). The highest BCUT2D eigenvalue weighted by Gasteiger charge is 2.44. The van der Waals surface area contributed by atoms with Gasteiger partial charge in [0.25, 0.3) is 0 Å². The van der Waals surface area contributed by atoms with E-state index < -0.39 is 0 Å². The van der Waals surface area contributed by atoms with Gasteiger partial charge in [-0.25, -0.2) is 0 Å². The zero-order chi connectivity index (χ0) is 23.9. The van der Waals surface area contributed by atoms with Crippen molar-refractivity contribution in [2.75, 3.05) is 29.9 Å². The highest BCUT2D eigenvalue weighted by atomic mass is 16.5. The van der Waals surface area contributed by atoms with Crippen molar-refractivity contribution in [2.24, 2.45) is 0 Å². The largest absolute Gasteiger partial charge is 0.487 e. The zero-order valence-corrected chi connectivity index (χ0v) is 19.8. The molecular weight excluding hydrogens is 430 g/mol. The number of hydrogen-bond donors (Lipinski definition) is 1. The monoisotopic (exact) mass is 461 g/mol. The molecule has 1 spiro atoms. The highest BCUT2D eigenvalue weighted by Crippen LogP contribution is 2.46. The van der Waals surface area contributed by atoms with E-state index in [2.05, 4.69) is 5.32 Å². The van der Waals surface area contributed by atoms with Gasteiger partial charge in [0.15, 0.2) is 0 Å². The van der Waals surface area contributed by atoms with Gasteiger partial charge in [0.2, 0.25) is 17.7 Å². The van der Waals surface area contributed by atoms with Crippen LogP contribution in [0.2, 0.25) is 0 Å². The van der Waals surface area contributed by atoms with E-state index in [1.807, 2.05) is 47.4 Å². The Morgan fingerprint density at radius 3 is 2.53 bits per heavy atom. The fourth-order valence-corrected chi connectivity index (χ4v) is 5.68. The second kappa shape index (κ2) is 8.78. The lowest BCUT2D eigenvalue weighted by Crippen LogP contribution is -2.51. The fraction of sp³-hybridized carbons (Fsp3) is 0.444. The molecule has 5 rings (SSSR count). The van der Waals surface area contributed by atoms with Crippen LogP contribution in [-0.4, -0.2) is 47.9 Å². The van der Waals surface area contributed by atoms with Crippen LogP contribution >= 0.6 is 0 Å². The molecule has 1 unspecified atom stereocenters. The van der Waals surface area contributed by atoms with Gasteiger partial charge in [0, 0.05) is 70.0 Å². The normalized spacial score (nSPS) is 20.4. The molecule has 2 aromatic rings. The number of anilines is 2. The third kappa shape index (κ3) is 4.27. The number of ether oxygens (including phenoxy) is 1. The Kier molecular flexibility index (Phi) is 5.80. The molecule has 0 bridgehead atoms. The molecule has 178 valence electrons. The second-order valence-corrected chi connectivity index (χ2v) is 9.75. The van der Waals surface area contributed by atoms with Gasteiger partial charge in [-0.15, -0.1) is 0 Å². The van der Waals surface area contributed by atoms with E-state index in [-0.39, 0.29) is 29.2 Å². The highest BCUT2D eigenvalue weighted by molar-refractivity contribution is 5.96. The molecule has 1 fully saturated rings. The minimum Gasteiger partial charge on any atom is -0.487 e. The molecule has 0 aliphatic carbocycles. The van der Waals surface area contributed by atoms with Crippen LogP contribution in [0.1, 0.15) is 56.6 Å². The van der Waals surface area contributed by atoms with Crippen LogP contribution < -0.4 is 15.0 Å². The van der Waals surface area contributed by atoms with E-state index in [1.165, 1.54) is 0 Å². The van der Waals surface area contributed by atoms with Crippen molar-refractivity contribution >= 4 is 29.1 Å². The van der Waals surface area contributed by atoms with Gasteiger partial charge in [-0.05, 0) is 42.2 Å². The molecule has 3 amide bonds. The molecule has 3 aliphatic rings. The summed E-state index contributed by atoms with van der Waals surface area (Å²) in [5.41, 5.74) is 3.44. The van der Waals surface area contributed by atoms with Gasteiger partial charge < -0.3 is 19.9 Å². The maximum Gasteiger partial charge on any atom is 0.224 e. The number of benzene rings is 2. The molecule has 2 aromatic carbocycles.